The van der Waals surface area contributed by atoms with Gasteiger partial charge in [0.05, 0.1) is 12.2 Å². The van der Waals surface area contributed by atoms with Crippen LogP contribution in [0.5, 0.6) is 0 Å². The molecule has 2 saturated heterocycles. The van der Waals surface area contributed by atoms with Crippen LogP contribution < -0.4 is 0 Å². The van der Waals surface area contributed by atoms with Gasteiger partial charge in [-0.3, -0.25) is 0 Å². The molecule has 2 heterocycles. The molecule has 0 radical (unpaired) electrons. The minimum atomic E-state index is -0.0741. The topological polar surface area (TPSA) is 40.5 Å². The van der Waals surface area contributed by atoms with Crippen molar-refractivity contribution in [3.63, 3.8) is 0 Å². The van der Waals surface area contributed by atoms with E-state index < -0.39 is 0 Å². The second-order valence-electron chi connectivity index (χ2n) is 4.42. The van der Waals surface area contributed by atoms with Gasteiger partial charge in [0.2, 0.25) is 0 Å². The molecule has 2 saturated carbocycles. The number of rotatable bonds is 0. The van der Waals surface area contributed by atoms with Gasteiger partial charge in [-0.2, -0.15) is 0 Å². The summed E-state index contributed by atoms with van der Waals surface area (Å²) in [6, 6.07) is 0. The summed E-state index contributed by atoms with van der Waals surface area (Å²) in [5, 5.41) is 20.5. The molecule has 0 amide bonds. The fraction of sp³-hybridized carbons (Fsp3) is 1.00. The monoisotopic (exact) mass is 186 g/mol. The van der Waals surface area contributed by atoms with E-state index in [-0.39, 0.29) is 12.2 Å². The maximum atomic E-state index is 9.81. The zero-order chi connectivity index (χ0) is 8.29. The second-order valence-corrected chi connectivity index (χ2v) is 5.90. The Bertz CT molecular complexity index is 159. The van der Waals surface area contributed by atoms with E-state index in [1.54, 1.807) is 0 Å². The molecule has 2 aliphatic carbocycles. The molecule has 12 heavy (non-hydrogen) atoms. The number of hydrogen-bond donors (Lipinski definition) is 2. The predicted molar refractivity (Wildman–Crippen MR) is 48.0 cm³/mol. The van der Waals surface area contributed by atoms with Crippen molar-refractivity contribution in [2.75, 3.05) is 0 Å². The average molecular weight is 186 g/mol. The minimum absolute atomic E-state index is 0.0741. The third kappa shape index (κ3) is 0.847. The van der Waals surface area contributed by atoms with Crippen LogP contribution in [-0.4, -0.2) is 32.9 Å². The average Bonchev–Trinajstić information content (AvgIpc) is 2.02. The predicted octanol–water partition coefficient (Wildman–Crippen LogP) is 0.622. The van der Waals surface area contributed by atoms with E-state index in [1.165, 1.54) is 0 Å². The fourth-order valence-corrected chi connectivity index (χ4v) is 5.05. The Labute approximate surface area is 76.4 Å². The smallest absolute Gasteiger partial charge is 0.0687 e. The highest BCUT2D eigenvalue weighted by atomic mass is 32.2. The highest BCUT2D eigenvalue weighted by Gasteiger charge is 2.52. The van der Waals surface area contributed by atoms with Crippen LogP contribution in [0.4, 0.5) is 0 Å². The van der Waals surface area contributed by atoms with Crippen molar-refractivity contribution < 1.29 is 10.2 Å². The molecule has 0 spiro atoms. The van der Waals surface area contributed by atoms with Crippen molar-refractivity contribution in [1.82, 2.24) is 0 Å². The van der Waals surface area contributed by atoms with Gasteiger partial charge in [-0.05, 0) is 31.1 Å². The molecule has 0 aromatic heterocycles. The van der Waals surface area contributed by atoms with E-state index >= 15 is 0 Å². The first-order valence-corrected chi connectivity index (χ1v) is 5.71. The van der Waals surface area contributed by atoms with Crippen LogP contribution in [0.15, 0.2) is 0 Å². The molecule has 4 rings (SSSR count). The summed E-state index contributed by atoms with van der Waals surface area (Å²) in [7, 11) is 0. The lowest BCUT2D eigenvalue weighted by Gasteiger charge is -2.54. The molecule has 4 aliphatic rings. The Hall–Kier alpha value is 0.270. The van der Waals surface area contributed by atoms with Gasteiger partial charge < -0.3 is 10.2 Å². The summed E-state index contributed by atoms with van der Waals surface area (Å²) in [5.41, 5.74) is 0. The van der Waals surface area contributed by atoms with E-state index in [1.807, 2.05) is 11.8 Å². The van der Waals surface area contributed by atoms with Gasteiger partial charge in [-0.25, -0.2) is 0 Å². The van der Waals surface area contributed by atoms with E-state index in [0.717, 1.165) is 19.3 Å². The lowest BCUT2D eigenvalue weighted by atomic mass is 9.68. The van der Waals surface area contributed by atoms with Crippen LogP contribution in [-0.2, 0) is 0 Å². The molecule has 4 bridgehead atoms. The van der Waals surface area contributed by atoms with E-state index in [2.05, 4.69) is 0 Å². The van der Waals surface area contributed by atoms with Gasteiger partial charge in [0.15, 0.2) is 0 Å². The number of hydrogen-bond acceptors (Lipinski definition) is 3. The van der Waals surface area contributed by atoms with E-state index in [9.17, 15) is 10.2 Å². The summed E-state index contributed by atoms with van der Waals surface area (Å²) in [6.45, 7) is 0. The van der Waals surface area contributed by atoms with E-state index in [4.69, 9.17) is 0 Å². The largest absolute Gasteiger partial charge is 0.392 e. The highest BCUT2D eigenvalue weighted by molar-refractivity contribution is 8.00. The molecule has 0 aromatic carbocycles. The molecule has 2 nitrogen and oxygen atoms in total. The van der Waals surface area contributed by atoms with Crippen molar-refractivity contribution in [3.05, 3.63) is 0 Å². The molecule has 4 fully saturated rings. The van der Waals surface area contributed by atoms with Crippen LogP contribution in [0.3, 0.4) is 0 Å². The highest BCUT2D eigenvalue weighted by Crippen LogP contribution is 2.54. The Morgan fingerprint density at radius 1 is 0.833 bits per heavy atom. The molecule has 68 valence electrons. The molecule has 6 atom stereocenters. The van der Waals surface area contributed by atoms with Crippen LogP contribution >= 0.6 is 11.8 Å². The van der Waals surface area contributed by atoms with E-state index in [0.29, 0.717) is 22.3 Å². The summed E-state index contributed by atoms with van der Waals surface area (Å²) >= 11 is 1.82. The normalized spacial score (nSPS) is 62.5. The molecule has 3 heteroatoms. The van der Waals surface area contributed by atoms with Crippen molar-refractivity contribution in [3.8, 4) is 0 Å². The van der Waals surface area contributed by atoms with Gasteiger partial charge >= 0.3 is 0 Å². The maximum absolute atomic E-state index is 9.81. The lowest BCUT2D eigenvalue weighted by molar-refractivity contribution is -0.0414. The summed E-state index contributed by atoms with van der Waals surface area (Å²) in [4.78, 5) is 0. The first-order valence-electron chi connectivity index (χ1n) is 4.77. The number of aliphatic hydroxyl groups excluding tert-OH is 2. The van der Waals surface area contributed by atoms with Crippen LogP contribution in [0.2, 0.25) is 0 Å². The lowest BCUT2D eigenvalue weighted by Crippen LogP contribution is -2.56. The third-order valence-electron chi connectivity index (χ3n) is 3.75. The van der Waals surface area contributed by atoms with Crippen LogP contribution in [0, 0.1) is 11.8 Å². The molecule has 2 N–H and O–H groups in total. The Balaban J connectivity index is 1.91. The number of thioether (sulfide) groups is 1. The Morgan fingerprint density at radius 2 is 1.33 bits per heavy atom. The fourth-order valence-electron chi connectivity index (χ4n) is 3.12. The van der Waals surface area contributed by atoms with Crippen LogP contribution in [0.25, 0.3) is 0 Å². The van der Waals surface area contributed by atoms with Crippen molar-refractivity contribution in [2.45, 2.75) is 42.0 Å². The van der Waals surface area contributed by atoms with Gasteiger partial charge in [-0.15, -0.1) is 11.8 Å². The zero-order valence-electron chi connectivity index (χ0n) is 6.89. The summed E-state index contributed by atoms with van der Waals surface area (Å²) in [5.74, 6) is 1.01. The summed E-state index contributed by atoms with van der Waals surface area (Å²) < 4.78 is 0. The second kappa shape index (κ2) is 2.40. The van der Waals surface area contributed by atoms with Crippen molar-refractivity contribution in [2.24, 2.45) is 11.8 Å². The molecule has 2 aliphatic heterocycles. The minimum Gasteiger partial charge on any atom is -0.392 e. The Kier molecular flexibility index (Phi) is 1.53. The standard InChI is InChI=1S/C9H14O2S/c10-8-4-1-5-3-7(8)12-6(2-4)9(5)11/h4-11H,1-3H2. The van der Waals surface area contributed by atoms with Crippen molar-refractivity contribution >= 4 is 11.8 Å². The number of aliphatic hydroxyl groups is 2. The summed E-state index contributed by atoms with van der Waals surface area (Å²) in [6.07, 6.45) is 3.00. The molecular formula is C9H14O2S. The van der Waals surface area contributed by atoms with Gasteiger partial charge in [-0.1, -0.05) is 0 Å². The van der Waals surface area contributed by atoms with Crippen LogP contribution in [0.1, 0.15) is 19.3 Å². The Morgan fingerprint density at radius 3 is 1.75 bits per heavy atom. The van der Waals surface area contributed by atoms with Gasteiger partial charge in [0.1, 0.15) is 0 Å². The maximum Gasteiger partial charge on any atom is 0.0687 e. The third-order valence-corrected chi connectivity index (χ3v) is 5.39. The van der Waals surface area contributed by atoms with Gasteiger partial charge in [0, 0.05) is 10.5 Å². The van der Waals surface area contributed by atoms with Gasteiger partial charge in [0.25, 0.3) is 0 Å². The quantitative estimate of drug-likeness (QED) is 0.583. The SMILES string of the molecule is OC1C2CC3CC1SC(C2)C3O. The molecule has 0 aromatic rings. The molecule has 6 unspecified atom stereocenters. The first kappa shape index (κ1) is 7.65. The van der Waals surface area contributed by atoms with Crippen molar-refractivity contribution in [1.29, 1.82) is 0 Å². The first-order chi connectivity index (χ1) is 5.75. The zero-order valence-corrected chi connectivity index (χ0v) is 7.70. The molecular weight excluding hydrogens is 172 g/mol.